The number of piperidine rings is 1. The van der Waals surface area contributed by atoms with Crippen LogP contribution in [0.1, 0.15) is 35.2 Å². The topological polar surface area (TPSA) is 64.9 Å². The lowest BCUT2D eigenvalue weighted by Gasteiger charge is -2.28. The normalized spacial score (nSPS) is 14.4. The highest BCUT2D eigenvalue weighted by Crippen LogP contribution is 2.25. The number of nitrogens with one attached hydrogen (secondary N) is 1. The molecule has 29 heavy (non-hydrogen) atoms. The number of hydrogen-bond acceptors (Lipinski definition) is 4. The summed E-state index contributed by atoms with van der Waals surface area (Å²) in [6.07, 6.45) is 4.73. The molecule has 0 unspecified atom stereocenters. The van der Waals surface area contributed by atoms with Crippen molar-refractivity contribution in [1.82, 2.24) is 5.43 Å². The minimum atomic E-state index is -0.560. The molecule has 1 fully saturated rings. The number of anilines is 1. The van der Waals surface area contributed by atoms with Gasteiger partial charge in [-0.15, -0.1) is 0 Å². The molecule has 2 N–H and O–H groups in total. The molecular weight excluding hydrogens is 369 g/mol. The van der Waals surface area contributed by atoms with Gasteiger partial charge in [0.15, 0.2) is 0 Å². The zero-order chi connectivity index (χ0) is 20.2. The Morgan fingerprint density at radius 3 is 2.48 bits per heavy atom. The maximum absolute atomic E-state index is 14.4. The number of hydrogen-bond donors (Lipinski definition) is 2. The summed E-state index contributed by atoms with van der Waals surface area (Å²) >= 11 is 0. The lowest BCUT2D eigenvalue weighted by atomic mass is 10.1. The summed E-state index contributed by atoms with van der Waals surface area (Å²) in [5.74, 6) is -1.08. The number of hydrazone groups is 1. The Morgan fingerprint density at radius 2 is 1.76 bits per heavy atom. The fraction of sp³-hybridized carbons (Fsp3) is 0.217. The van der Waals surface area contributed by atoms with Crippen LogP contribution in [0.15, 0.2) is 59.7 Å². The highest BCUT2D eigenvalue weighted by molar-refractivity contribution is 6.01. The molecular formula is C23H22FN3O2. The smallest absolute Gasteiger partial charge is 0.275 e. The molecule has 0 atom stereocenters. The number of nitrogens with zero attached hydrogens (tertiary/aromatic N) is 2. The van der Waals surface area contributed by atoms with Crippen LogP contribution in [0.2, 0.25) is 0 Å². The molecule has 0 bridgehead atoms. The summed E-state index contributed by atoms with van der Waals surface area (Å²) in [4.78, 5) is 14.5. The summed E-state index contributed by atoms with van der Waals surface area (Å²) in [6.45, 7) is 1.89. The lowest BCUT2D eigenvalue weighted by Crippen LogP contribution is -2.29. The number of halogens is 1. The lowest BCUT2D eigenvalue weighted by molar-refractivity contribution is 0.0952. The van der Waals surface area contributed by atoms with Crippen LogP contribution < -0.4 is 10.3 Å². The molecule has 1 aliphatic rings. The van der Waals surface area contributed by atoms with E-state index < -0.39 is 5.91 Å². The number of carbonyl (C=O) groups is 1. The summed E-state index contributed by atoms with van der Waals surface area (Å²) < 4.78 is 14.4. The first-order chi connectivity index (χ1) is 14.1. The average Bonchev–Trinajstić information content (AvgIpc) is 2.75. The zero-order valence-corrected chi connectivity index (χ0v) is 15.9. The number of phenolic OH excluding ortho intramolecular Hbond substituents is 1. The van der Waals surface area contributed by atoms with E-state index in [9.17, 15) is 14.3 Å². The number of amides is 1. The van der Waals surface area contributed by atoms with Gasteiger partial charge in [0, 0.05) is 24.3 Å². The highest BCUT2D eigenvalue weighted by Gasteiger charge is 2.13. The second-order valence-electron chi connectivity index (χ2n) is 7.17. The summed E-state index contributed by atoms with van der Waals surface area (Å²) in [5, 5.41) is 15.6. The van der Waals surface area contributed by atoms with E-state index in [1.807, 2.05) is 30.3 Å². The van der Waals surface area contributed by atoms with Crippen molar-refractivity contribution < 1.29 is 14.3 Å². The molecule has 5 nitrogen and oxygen atoms in total. The van der Waals surface area contributed by atoms with Gasteiger partial charge < -0.3 is 10.0 Å². The molecule has 6 heteroatoms. The summed E-state index contributed by atoms with van der Waals surface area (Å²) in [5.41, 5.74) is 3.62. The van der Waals surface area contributed by atoms with Crippen molar-refractivity contribution in [3.8, 4) is 5.75 Å². The van der Waals surface area contributed by atoms with Crippen molar-refractivity contribution in [2.24, 2.45) is 5.10 Å². The fourth-order valence-corrected chi connectivity index (χ4v) is 3.60. The predicted octanol–water partition coefficient (Wildman–Crippen LogP) is 4.44. The van der Waals surface area contributed by atoms with Crippen LogP contribution in [-0.4, -0.2) is 30.3 Å². The number of rotatable bonds is 4. The molecule has 1 saturated heterocycles. The van der Waals surface area contributed by atoms with E-state index in [0.717, 1.165) is 42.4 Å². The second-order valence-corrected chi connectivity index (χ2v) is 7.17. The standard InChI is InChI=1S/C23H22FN3O2/c24-21-14-19(27-10-4-1-5-11-27)9-8-18(21)15-25-26-23(29)20-12-16-6-2-3-7-17(16)13-22(20)28/h2-3,6-9,12-15,28H,1,4-5,10-11H2,(H,26,29). The quantitative estimate of drug-likeness (QED) is 0.511. The Hall–Kier alpha value is -3.41. The van der Waals surface area contributed by atoms with Gasteiger partial charge in [0.05, 0.1) is 11.8 Å². The van der Waals surface area contributed by atoms with Gasteiger partial charge in [0.1, 0.15) is 11.6 Å². The van der Waals surface area contributed by atoms with Gasteiger partial charge in [-0.3, -0.25) is 4.79 Å². The maximum Gasteiger partial charge on any atom is 0.275 e. The first-order valence-corrected chi connectivity index (χ1v) is 9.71. The van der Waals surface area contributed by atoms with Crippen molar-refractivity contribution in [3.05, 3.63) is 71.5 Å². The largest absolute Gasteiger partial charge is 0.507 e. The number of aromatic hydroxyl groups is 1. The molecule has 0 radical (unpaired) electrons. The Balaban J connectivity index is 1.46. The molecule has 1 amide bonds. The Labute approximate surface area is 168 Å². The monoisotopic (exact) mass is 391 g/mol. The van der Waals surface area contributed by atoms with Gasteiger partial charge in [0.25, 0.3) is 5.91 Å². The van der Waals surface area contributed by atoms with Crippen molar-refractivity contribution in [2.75, 3.05) is 18.0 Å². The van der Waals surface area contributed by atoms with Gasteiger partial charge in [0.2, 0.25) is 0 Å². The molecule has 3 aromatic rings. The van der Waals surface area contributed by atoms with Crippen LogP contribution >= 0.6 is 0 Å². The van der Waals surface area contributed by atoms with Gasteiger partial charge in [-0.1, -0.05) is 24.3 Å². The molecule has 0 aliphatic carbocycles. The highest BCUT2D eigenvalue weighted by atomic mass is 19.1. The van der Waals surface area contributed by atoms with E-state index in [4.69, 9.17) is 0 Å². The van der Waals surface area contributed by atoms with Crippen LogP contribution in [0.25, 0.3) is 10.8 Å². The Kier molecular flexibility index (Phi) is 5.42. The van der Waals surface area contributed by atoms with E-state index in [2.05, 4.69) is 15.4 Å². The van der Waals surface area contributed by atoms with E-state index in [0.29, 0.717) is 0 Å². The van der Waals surface area contributed by atoms with E-state index in [1.54, 1.807) is 12.1 Å². The first kappa shape index (κ1) is 18.9. The first-order valence-electron chi connectivity index (χ1n) is 9.71. The molecule has 4 rings (SSSR count). The van der Waals surface area contributed by atoms with Crippen molar-refractivity contribution >= 4 is 28.6 Å². The van der Waals surface area contributed by atoms with Gasteiger partial charge in [-0.05, 0) is 60.4 Å². The maximum atomic E-state index is 14.4. The third-order valence-corrected chi connectivity index (χ3v) is 5.18. The minimum absolute atomic E-state index is 0.113. The molecule has 0 saturated carbocycles. The zero-order valence-electron chi connectivity index (χ0n) is 15.9. The van der Waals surface area contributed by atoms with E-state index in [-0.39, 0.29) is 22.7 Å². The van der Waals surface area contributed by atoms with E-state index in [1.165, 1.54) is 24.8 Å². The third-order valence-electron chi connectivity index (χ3n) is 5.18. The molecule has 1 aliphatic heterocycles. The van der Waals surface area contributed by atoms with Crippen LogP contribution in [-0.2, 0) is 0 Å². The van der Waals surface area contributed by atoms with Crippen molar-refractivity contribution in [2.45, 2.75) is 19.3 Å². The van der Waals surface area contributed by atoms with Crippen LogP contribution in [0.5, 0.6) is 5.75 Å². The molecule has 0 spiro atoms. The second kappa shape index (κ2) is 8.31. The summed E-state index contributed by atoms with van der Waals surface area (Å²) in [7, 11) is 0. The Morgan fingerprint density at radius 1 is 1.03 bits per heavy atom. The number of fused-ring (bicyclic) bond motifs is 1. The third kappa shape index (κ3) is 4.21. The van der Waals surface area contributed by atoms with Crippen LogP contribution in [0.3, 0.4) is 0 Å². The van der Waals surface area contributed by atoms with Gasteiger partial charge >= 0.3 is 0 Å². The molecule has 1 heterocycles. The van der Waals surface area contributed by atoms with Crippen molar-refractivity contribution in [3.63, 3.8) is 0 Å². The fourth-order valence-electron chi connectivity index (χ4n) is 3.60. The van der Waals surface area contributed by atoms with Crippen LogP contribution in [0.4, 0.5) is 10.1 Å². The van der Waals surface area contributed by atoms with Gasteiger partial charge in [-0.25, -0.2) is 9.82 Å². The van der Waals surface area contributed by atoms with Crippen molar-refractivity contribution in [1.29, 1.82) is 0 Å². The number of benzene rings is 3. The number of phenols is 1. The molecule has 0 aromatic heterocycles. The predicted molar refractivity (Wildman–Crippen MR) is 113 cm³/mol. The van der Waals surface area contributed by atoms with Gasteiger partial charge in [-0.2, -0.15) is 5.10 Å². The summed E-state index contributed by atoms with van der Waals surface area (Å²) in [6, 6.07) is 15.6. The average molecular weight is 391 g/mol. The molecule has 3 aromatic carbocycles. The Bertz CT molecular complexity index is 1070. The molecule has 148 valence electrons. The minimum Gasteiger partial charge on any atom is -0.507 e. The SMILES string of the molecule is O=C(NN=Cc1ccc(N2CCCCC2)cc1F)c1cc2ccccc2cc1O. The van der Waals surface area contributed by atoms with E-state index >= 15 is 0 Å². The van der Waals surface area contributed by atoms with Crippen LogP contribution in [0, 0.1) is 5.82 Å². The number of carbonyl (C=O) groups excluding carboxylic acids is 1.